The summed E-state index contributed by atoms with van der Waals surface area (Å²) in [5.41, 5.74) is 1.11. The molecule has 0 aliphatic carbocycles. The standard InChI is InChI=1S/C17H28N2O2/c1-13(18-12-16(20)19-17(2,3)4)6-7-14-8-10-15(21-5)11-9-14/h8-11,13,18H,6-7,12H2,1-5H3,(H,19,20). The van der Waals surface area contributed by atoms with Crippen LogP contribution in [0.5, 0.6) is 5.75 Å². The van der Waals surface area contributed by atoms with Crippen molar-refractivity contribution in [1.82, 2.24) is 10.6 Å². The summed E-state index contributed by atoms with van der Waals surface area (Å²) < 4.78 is 5.14. The Hall–Kier alpha value is -1.55. The van der Waals surface area contributed by atoms with Crippen molar-refractivity contribution < 1.29 is 9.53 Å². The molecule has 0 bridgehead atoms. The van der Waals surface area contributed by atoms with Gasteiger partial charge < -0.3 is 15.4 Å². The highest BCUT2D eigenvalue weighted by atomic mass is 16.5. The molecule has 1 amide bonds. The molecular weight excluding hydrogens is 264 g/mol. The van der Waals surface area contributed by atoms with E-state index in [9.17, 15) is 4.79 Å². The first-order valence-corrected chi connectivity index (χ1v) is 7.47. The van der Waals surface area contributed by atoms with Crippen molar-refractivity contribution in [3.63, 3.8) is 0 Å². The summed E-state index contributed by atoms with van der Waals surface area (Å²) in [7, 11) is 1.67. The highest BCUT2D eigenvalue weighted by Crippen LogP contribution is 2.13. The topological polar surface area (TPSA) is 50.4 Å². The van der Waals surface area contributed by atoms with Crippen molar-refractivity contribution in [2.45, 2.75) is 52.1 Å². The molecule has 0 saturated heterocycles. The fraction of sp³-hybridized carbons (Fsp3) is 0.588. The molecule has 0 aliphatic heterocycles. The fourth-order valence-electron chi connectivity index (χ4n) is 2.01. The van der Waals surface area contributed by atoms with Gasteiger partial charge in [-0.05, 0) is 58.2 Å². The van der Waals surface area contributed by atoms with Crippen LogP contribution in [0, 0.1) is 0 Å². The van der Waals surface area contributed by atoms with E-state index >= 15 is 0 Å². The van der Waals surface area contributed by atoms with E-state index in [4.69, 9.17) is 4.74 Å². The molecule has 2 N–H and O–H groups in total. The molecule has 0 fully saturated rings. The summed E-state index contributed by atoms with van der Waals surface area (Å²) in [5, 5.41) is 6.21. The van der Waals surface area contributed by atoms with Crippen LogP contribution in [0.3, 0.4) is 0 Å². The molecule has 4 heteroatoms. The maximum Gasteiger partial charge on any atom is 0.234 e. The summed E-state index contributed by atoms with van der Waals surface area (Å²) in [4.78, 5) is 11.7. The third kappa shape index (κ3) is 7.71. The van der Waals surface area contributed by atoms with Gasteiger partial charge in [-0.1, -0.05) is 12.1 Å². The van der Waals surface area contributed by atoms with Crippen molar-refractivity contribution in [1.29, 1.82) is 0 Å². The van der Waals surface area contributed by atoms with Gasteiger partial charge in [-0.3, -0.25) is 4.79 Å². The number of hydrogen-bond donors (Lipinski definition) is 2. The summed E-state index contributed by atoms with van der Waals surface area (Å²) in [6.45, 7) is 8.42. The lowest BCUT2D eigenvalue weighted by Crippen LogP contribution is -2.46. The lowest BCUT2D eigenvalue weighted by molar-refractivity contribution is -0.121. The summed E-state index contributed by atoms with van der Waals surface area (Å²) in [6, 6.07) is 8.42. The molecular formula is C17H28N2O2. The molecule has 0 radical (unpaired) electrons. The van der Waals surface area contributed by atoms with Crippen molar-refractivity contribution in [3.05, 3.63) is 29.8 Å². The molecule has 0 heterocycles. The Labute approximate surface area is 128 Å². The molecule has 1 unspecified atom stereocenters. The van der Waals surface area contributed by atoms with E-state index in [2.05, 4.69) is 29.7 Å². The third-order valence-corrected chi connectivity index (χ3v) is 3.15. The average Bonchev–Trinajstić information content (AvgIpc) is 2.41. The smallest absolute Gasteiger partial charge is 0.234 e. The monoisotopic (exact) mass is 292 g/mol. The molecule has 1 atom stereocenters. The summed E-state index contributed by atoms with van der Waals surface area (Å²) in [6.07, 6.45) is 1.98. The van der Waals surface area contributed by atoms with E-state index in [0.29, 0.717) is 12.6 Å². The lowest BCUT2D eigenvalue weighted by atomic mass is 10.1. The SMILES string of the molecule is COc1ccc(CCC(C)NCC(=O)NC(C)(C)C)cc1. The molecule has 118 valence electrons. The van der Waals surface area contributed by atoms with Crippen molar-refractivity contribution >= 4 is 5.91 Å². The summed E-state index contributed by atoms with van der Waals surface area (Å²) in [5.74, 6) is 0.919. The first-order valence-electron chi connectivity index (χ1n) is 7.47. The predicted octanol–water partition coefficient (Wildman–Crippen LogP) is 2.52. The van der Waals surface area contributed by atoms with E-state index in [1.165, 1.54) is 5.56 Å². The van der Waals surface area contributed by atoms with Crippen LogP contribution in [0.1, 0.15) is 39.7 Å². The van der Waals surface area contributed by atoms with Crippen LogP contribution in [-0.2, 0) is 11.2 Å². The number of aryl methyl sites for hydroxylation is 1. The van der Waals surface area contributed by atoms with Gasteiger partial charge in [-0.25, -0.2) is 0 Å². The maximum absolute atomic E-state index is 11.7. The van der Waals surface area contributed by atoms with E-state index in [1.54, 1.807) is 7.11 Å². The quantitative estimate of drug-likeness (QED) is 0.812. The molecule has 0 aliphatic rings. The highest BCUT2D eigenvalue weighted by Gasteiger charge is 2.13. The van der Waals surface area contributed by atoms with Gasteiger partial charge in [0.2, 0.25) is 5.91 Å². The minimum absolute atomic E-state index is 0.0406. The van der Waals surface area contributed by atoms with Gasteiger partial charge in [0.15, 0.2) is 0 Å². The fourth-order valence-corrected chi connectivity index (χ4v) is 2.01. The summed E-state index contributed by atoms with van der Waals surface area (Å²) >= 11 is 0. The number of methoxy groups -OCH3 is 1. The zero-order valence-corrected chi connectivity index (χ0v) is 13.8. The minimum atomic E-state index is -0.175. The average molecular weight is 292 g/mol. The van der Waals surface area contributed by atoms with Gasteiger partial charge in [0, 0.05) is 11.6 Å². The van der Waals surface area contributed by atoms with Crippen LogP contribution >= 0.6 is 0 Å². The second-order valence-electron chi connectivity index (χ2n) is 6.47. The van der Waals surface area contributed by atoms with Gasteiger partial charge in [0.05, 0.1) is 13.7 Å². The van der Waals surface area contributed by atoms with Crippen LogP contribution in [0.25, 0.3) is 0 Å². The second-order valence-corrected chi connectivity index (χ2v) is 6.47. The number of benzene rings is 1. The number of carbonyl (C=O) groups excluding carboxylic acids is 1. The van der Waals surface area contributed by atoms with E-state index in [1.807, 2.05) is 32.9 Å². The molecule has 0 spiro atoms. The maximum atomic E-state index is 11.7. The lowest BCUT2D eigenvalue weighted by Gasteiger charge is -2.21. The Bertz CT molecular complexity index is 435. The minimum Gasteiger partial charge on any atom is -0.497 e. The number of rotatable bonds is 7. The zero-order chi connectivity index (χ0) is 15.9. The van der Waals surface area contributed by atoms with Crippen LogP contribution in [0.4, 0.5) is 0 Å². The normalized spacial score (nSPS) is 12.8. The third-order valence-electron chi connectivity index (χ3n) is 3.15. The molecule has 0 saturated carbocycles. The van der Waals surface area contributed by atoms with Crippen LogP contribution in [0.15, 0.2) is 24.3 Å². The van der Waals surface area contributed by atoms with Gasteiger partial charge in [-0.2, -0.15) is 0 Å². The van der Waals surface area contributed by atoms with Gasteiger partial charge in [0.1, 0.15) is 5.75 Å². The van der Waals surface area contributed by atoms with Gasteiger partial charge in [0.25, 0.3) is 0 Å². The zero-order valence-electron chi connectivity index (χ0n) is 13.8. The Kier molecular flexibility index (Phi) is 6.69. The van der Waals surface area contributed by atoms with Crippen molar-refractivity contribution in [2.24, 2.45) is 0 Å². The Morgan fingerprint density at radius 1 is 1.24 bits per heavy atom. The van der Waals surface area contributed by atoms with E-state index < -0.39 is 0 Å². The largest absolute Gasteiger partial charge is 0.497 e. The predicted molar refractivity (Wildman–Crippen MR) is 86.7 cm³/mol. The van der Waals surface area contributed by atoms with E-state index in [-0.39, 0.29) is 11.4 Å². The Morgan fingerprint density at radius 2 is 1.86 bits per heavy atom. The van der Waals surface area contributed by atoms with Crippen molar-refractivity contribution in [2.75, 3.05) is 13.7 Å². The first-order chi connectivity index (χ1) is 9.80. The molecule has 4 nitrogen and oxygen atoms in total. The number of ether oxygens (including phenoxy) is 1. The number of amides is 1. The molecule has 1 rings (SSSR count). The van der Waals surface area contributed by atoms with Crippen LogP contribution in [0.2, 0.25) is 0 Å². The number of carbonyl (C=O) groups is 1. The number of hydrogen-bond acceptors (Lipinski definition) is 3. The molecule has 0 aromatic heterocycles. The van der Waals surface area contributed by atoms with Crippen molar-refractivity contribution in [3.8, 4) is 5.75 Å². The van der Waals surface area contributed by atoms with Crippen LogP contribution < -0.4 is 15.4 Å². The Morgan fingerprint density at radius 3 is 2.38 bits per heavy atom. The molecule has 21 heavy (non-hydrogen) atoms. The Balaban J connectivity index is 2.27. The molecule has 1 aromatic rings. The highest BCUT2D eigenvalue weighted by molar-refractivity contribution is 5.78. The van der Waals surface area contributed by atoms with Gasteiger partial charge in [-0.15, -0.1) is 0 Å². The van der Waals surface area contributed by atoms with Gasteiger partial charge >= 0.3 is 0 Å². The number of nitrogens with one attached hydrogen (secondary N) is 2. The van der Waals surface area contributed by atoms with E-state index in [0.717, 1.165) is 18.6 Å². The van der Waals surface area contributed by atoms with Crippen LogP contribution in [-0.4, -0.2) is 31.1 Å². The second kappa shape index (κ2) is 8.03. The molecule has 1 aromatic carbocycles. The first kappa shape index (κ1) is 17.5.